The average molecular weight is 511 g/mol. The van der Waals surface area contributed by atoms with Crippen molar-refractivity contribution in [1.82, 2.24) is 9.97 Å². The third-order valence-corrected chi connectivity index (χ3v) is 9.05. The van der Waals surface area contributed by atoms with E-state index in [1.165, 1.54) is 0 Å². The van der Waals surface area contributed by atoms with E-state index >= 15 is 0 Å². The zero-order chi connectivity index (χ0) is 30.8. The second-order valence-electron chi connectivity index (χ2n) is 17.2. The maximum absolute atomic E-state index is 12.6. The van der Waals surface area contributed by atoms with Crippen LogP contribution >= 0.6 is 0 Å². The highest BCUT2D eigenvalue weighted by Crippen LogP contribution is 2.56. The molecule has 0 radical (unpaired) electrons. The van der Waals surface area contributed by atoms with Gasteiger partial charge in [0.25, 0.3) is 5.91 Å². The molecule has 3 unspecified atom stereocenters. The summed E-state index contributed by atoms with van der Waals surface area (Å²) in [5, 5.41) is 18.3. The lowest BCUT2D eigenvalue weighted by Gasteiger charge is -2.63. The van der Waals surface area contributed by atoms with Crippen molar-refractivity contribution in [2.75, 3.05) is 10.6 Å². The Morgan fingerprint density at radius 1 is 0.872 bits per heavy atom. The lowest BCUT2D eigenvalue weighted by atomic mass is 9.12. The van der Waals surface area contributed by atoms with Crippen molar-refractivity contribution in [3.63, 3.8) is 0 Å². The van der Waals surface area contributed by atoms with E-state index in [2.05, 4.69) is 120 Å². The number of nitrogens with one attached hydrogen (secondary N) is 2. The highest BCUT2D eigenvalue weighted by atomic mass is 16.3. The number of aromatic nitrogens is 2. The zero-order valence-corrected chi connectivity index (χ0v) is 27.9. The molecule has 0 aromatic carbocycles. The Bertz CT molecular complexity index is 1040. The fourth-order valence-corrected chi connectivity index (χ4v) is 9.82. The van der Waals surface area contributed by atoms with Gasteiger partial charge in [0.15, 0.2) is 7.85 Å². The van der Waals surface area contributed by atoms with Crippen LogP contribution in [0.3, 0.4) is 0 Å². The number of hydrogen-bond acceptors (Lipinski definition) is 6. The van der Waals surface area contributed by atoms with Gasteiger partial charge >= 0.3 is 0 Å². The van der Waals surface area contributed by atoms with Crippen LogP contribution < -0.4 is 22.0 Å². The van der Waals surface area contributed by atoms with Gasteiger partial charge in [-0.3, -0.25) is 4.79 Å². The van der Waals surface area contributed by atoms with E-state index in [0.29, 0.717) is 29.3 Å². The number of nitrogens with zero attached hydrogens (tertiary/aromatic N) is 2. The van der Waals surface area contributed by atoms with Crippen LogP contribution in [0.15, 0.2) is 0 Å². The molecule has 0 saturated heterocycles. The fraction of sp³-hybridized carbons (Fsp3) is 0.688. The van der Waals surface area contributed by atoms with Crippen LogP contribution in [0.4, 0.5) is 11.8 Å². The fourth-order valence-electron chi connectivity index (χ4n) is 9.82. The van der Waals surface area contributed by atoms with Crippen molar-refractivity contribution in [1.29, 1.82) is 0 Å². The van der Waals surface area contributed by atoms with Crippen molar-refractivity contribution < 1.29 is 9.90 Å². The third kappa shape index (κ3) is 6.64. The molecule has 1 heterocycles. The molecule has 192 valence electrons. The molecule has 1 fully saturated rings. The van der Waals surface area contributed by atoms with Gasteiger partial charge in [0.1, 0.15) is 13.7 Å². The summed E-state index contributed by atoms with van der Waals surface area (Å²) in [6.45, 7) is 0. The summed E-state index contributed by atoms with van der Waals surface area (Å²) in [5.41, 5.74) is 5.38. The quantitative estimate of drug-likeness (QED) is 0.246. The predicted molar refractivity (Wildman–Crippen MR) is 212 cm³/mol. The maximum Gasteiger partial charge on any atom is 0.253 e. The van der Waals surface area contributed by atoms with Crippen LogP contribution in [0.2, 0.25) is 25.7 Å². The van der Waals surface area contributed by atoms with Gasteiger partial charge in [-0.2, -0.15) is 4.98 Å². The molecular weight excluding hydrogens is 467 g/mol. The summed E-state index contributed by atoms with van der Waals surface area (Å²) in [6, 6.07) is -0.0912. The van der Waals surface area contributed by atoms with Gasteiger partial charge < -0.3 is 21.5 Å². The molecule has 1 amide bonds. The Morgan fingerprint density at radius 3 is 1.69 bits per heavy atom. The highest BCUT2D eigenvalue weighted by molar-refractivity contribution is 6.71. The summed E-state index contributed by atoms with van der Waals surface area (Å²) in [6.07, 6.45) is 1.36. The molecule has 39 heavy (non-hydrogen) atoms. The monoisotopic (exact) mass is 513 g/mol. The Balaban J connectivity index is 2.66. The largest absolute Gasteiger partial charge is 0.399 e. The number of anilines is 2. The lowest BCUT2D eigenvalue weighted by Crippen LogP contribution is -2.67. The number of nitrogens with two attached hydrogens (primary N) is 1. The van der Waals surface area contributed by atoms with Gasteiger partial charge in [-0.05, 0) is 24.3 Å². The van der Waals surface area contributed by atoms with E-state index < -0.39 is 16.9 Å². The van der Waals surface area contributed by atoms with E-state index in [-0.39, 0.29) is 37.6 Å². The predicted octanol–water partition coefficient (Wildman–Crippen LogP) is -15.2. The number of carbonyl (C=O) groups is 1. The molecule has 1 aliphatic rings. The van der Waals surface area contributed by atoms with Gasteiger partial charge in [-0.15, -0.1) is 5.11 Å². The Labute approximate surface area is 251 Å². The summed E-state index contributed by atoms with van der Waals surface area (Å²) < 4.78 is 0. The number of rotatable bonds is 9. The first-order chi connectivity index (χ1) is 17.1. The van der Waals surface area contributed by atoms with Crippen LogP contribution in [0.5, 0.6) is 0 Å². The number of amides is 1. The molecule has 1 aromatic heterocycles. The van der Waals surface area contributed by atoms with Gasteiger partial charge in [-0.25, -0.2) is 4.98 Å². The van der Waals surface area contributed by atoms with Crippen LogP contribution in [0.1, 0.15) is 23.2 Å². The first-order valence-electron chi connectivity index (χ1n) is 14.5. The topological polar surface area (TPSA) is 113 Å². The minimum atomic E-state index is -0.895. The van der Waals surface area contributed by atoms with Gasteiger partial charge in [-0.1, -0.05) is 20.6 Å². The third-order valence-electron chi connectivity index (χ3n) is 9.05. The number of primary amides is 1. The summed E-state index contributed by atoms with van der Waals surface area (Å²) in [4.78, 5) is 22.3. The average Bonchev–Trinajstić information content (AvgIpc) is 2.58. The molecule has 1 aliphatic carbocycles. The molecule has 0 bridgehead atoms. The van der Waals surface area contributed by atoms with Crippen molar-refractivity contribution in [2.45, 2.75) is 55.6 Å². The minimum absolute atomic E-state index is 0.0604. The van der Waals surface area contributed by atoms with E-state index in [4.69, 9.17) is 15.7 Å². The smallest absolute Gasteiger partial charge is 0.253 e. The van der Waals surface area contributed by atoms with E-state index in [9.17, 15) is 9.90 Å². The Hall–Kier alpha value is -0.851. The SMILES string of the molecule is Bc1nc(NC(C(B)(B)B)(C(B)(B)B)C(B)(B)B)nc(NC2CC(B)(B)C(C(B)(B)B)C(B)(O)C2)c1C(N)=O. The number of hydrogen-bond donors (Lipinski definition) is 4. The lowest BCUT2D eigenvalue weighted by molar-refractivity contribution is 0.0157. The van der Waals surface area contributed by atoms with Crippen LogP contribution in [-0.4, -0.2) is 164 Å². The van der Waals surface area contributed by atoms with E-state index in [0.717, 1.165) is 6.42 Å². The summed E-state index contributed by atoms with van der Waals surface area (Å²) in [7, 11) is 35.0. The summed E-state index contributed by atoms with van der Waals surface area (Å²) in [5.74, 6) is 0.425. The Kier molecular flexibility index (Phi) is 9.21. The number of carbonyl (C=O) groups excluding carboxylic acids is 1. The van der Waals surface area contributed by atoms with Gasteiger partial charge in [0, 0.05) is 17.1 Å². The molecule has 5 N–H and O–H groups in total. The first-order valence-corrected chi connectivity index (χ1v) is 14.5. The van der Waals surface area contributed by atoms with Gasteiger partial charge in [0.2, 0.25) is 5.95 Å². The van der Waals surface area contributed by atoms with Crippen molar-refractivity contribution >= 4 is 149 Å². The second kappa shape index (κ2) is 10.5. The Morgan fingerprint density at radius 2 is 1.33 bits per heavy atom. The molecule has 1 aromatic rings. The standard InChI is InChI=1S/C16H43B16N5O2/c17-5-4(6(33)38)7(34-3-1-10(18,19)8(12(21,22)23)11(20,39)2-3)36-9(35-5)37-13(14(24,25)26,15(27,28)29)16(30,31)32/h3,8,39H,1-2,17-32H2,(H2,33,38)(H2,34,35,36,37). The molecule has 0 spiro atoms. The molecule has 2 rings (SSSR count). The van der Waals surface area contributed by atoms with Gasteiger partial charge in [0.05, 0.1) is 115 Å². The van der Waals surface area contributed by atoms with Crippen LogP contribution in [-0.2, 0) is 0 Å². The zero-order valence-electron chi connectivity index (χ0n) is 27.9. The number of aliphatic hydroxyl groups is 1. The maximum atomic E-state index is 12.6. The molecule has 7 nitrogen and oxygen atoms in total. The van der Waals surface area contributed by atoms with Crippen molar-refractivity contribution in [2.24, 2.45) is 11.7 Å². The minimum Gasteiger partial charge on any atom is -0.399 e. The molecule has 3 atom stereocenters. The molecule has 23 heteroatoms. The molecule has 0 aliphatic heterocycles. The van der Waals surface area contributed by atoms with Crippen molar-refractivity contribution in [3.05, 3.63) is 5.56 Å². The second-order valence-corrected chi connectivity index (χ2v) is 17.2. The highest BCUT2D eigenvalue weighted by Gasteiger charge is 2.56. The normalized spacial score (nSPS) is 24.4. The van der Waals surface area contributed by atoms with E-state index in [1.54, 1.807) is 0 Å². The molecule has 1 saturated carbocycles. The first kappa shape index (κ1) is 34.4. The van der Waals surface area contributed by atoms with Crippen LogP contribution in [0.25, 0.3) is 0 Å². The summed E-state index contributed by atoms with van der Waals surface area (Å²) >= 11 is 0. The molecular formula is C16H43B16N5O2. The van der Waals surface area contributed by atoms with E-state index in [1.807, 2.05) is 15.7 Å². The van der Waals surface area contributed by atoms with Crippen molar-refractivity contribution in [3.8, 4) is 0 Å². The van der Waals surface area contributed by atoms with Crippen LogP contribution in [0, 0.1) is 5.92 Å².